The number of benzene rings is 1. The third-order valence-electron chi connectivity index (χ3n) is 4.17. The van der Waals surface area contributed by atoms with Gasteiger partial charge < -0.3 is 14.5 Å². The second-order valence-corrected chi connectivity index (χ2v) is 5.85. The van der Waals surface area contributed by atoms with Gasteiger partial charge in [0.25, 0.3) is 0 Å². The van der Waals surface area contributed by atoms with E-state index in [0.717, 1.165) is 12.0 Å². The number of hydrogen-bond donors (Lipinski definition) is 0. The molecule has 6 heteroatoms. The molecule has 0 N–H and O–H groups in total. The van der Waals surface area contributed by atoms with Crippen molar-refractivity contribution < 1.29 is 19.1 Å². The molecule has 6 nitrogen and oxygen atoms in total. The van der Waals surface area contributed by atoms with Gasteiger partial charge in [0, 0.05) is 32.6 Å². The van der Waals surface area contributed by atoms with Gasteiger partial charge in [-0.25, -0.2) is 0 Å². The molecule has 0 unspecified atom stereocenters. The van der Waals surface area contributed by atoms with E-state index >= 15 is 0 Å². The molecule has 1 heterocycles. The third kappa shape index (κ3) is 5.37. The van der Waals surface area contributed by atoms with Crippen LogP contribution in [0.15, 0.2) is 30.3 Å². The lowest BCUT2D eigenvalue weighted by atomic mass is 10.1. The molecule has 1 fully saturated rings. The van der Waals surface area contributed by atoms with Gasteiger partial charge in [0.05, 0.1) is 20.0 Å². The number of ether oxygens (including phenoxy) is 1. The van der Waals surface area contributed by atoms with Gasteiger partial charge in [0.2, 0.25) is 11.8 Å². The SMILES string of the molecule is COC(=O)CCC(=O)N1CCCN(C(=O)Cc2ccccc2)CC1. The number of rotatable bonds is 5. The van der Waals surface area contributed by atoms with Gasteiger partial charge in [-0.1, -0.05) is 30.3 Å². The molecule has 0 aliphatic carbocycles. The number of hydrogen-bond acceptors (Lipinski definition) is 4. The van der Waals surface area contributed by atoms with E-state index < -0.39 is 0 Å². The van der Waals surface area contributed by atoms with Gasteiger partial charge in [-0.3, -0.25) is 14.4 Å². The van der Waals surface area contributed by atoms with Crippen LogP contribution in [0.3, 0.4) is 0 Å². The first-order chi connectivity index (χ1) is 11.6. The number of nitrogens with zero attached hydrogens (tertiary/aromatic N) is 2. The Balaban J connectivity index is 1.82. The Kier molecular flexibility index (Phi) is 6.78. The average molecular weight is 332 g/mol. The smallest absolute Gasteiger partial charge is 0.306 e. The molecule has 1 aromatic rings. The summed E-state index contributed by atoms with van der Waals surface area (Å²) in [5.74, 6) is -0.347. The van der Waals surface area contributed by atoms with Crippen molar-refractivity contribution in [3.63, 3.8) is 0 Å². The van der Waals surface area contributed by atoms with E-state index in [-0.39, 0.29) is 30.6 Å². The van der Waals surface area contributed by atoms with Crippen LogP contribution in [-0.4, -0.2) is 60.9 Å². The summed E-state index contributed by atoms with van der Waals surface area (Å²) in [4.78, 5) is 39.3. The van der Waals surface area contributed by atoms with Gasteiger partial charge in [0.15, 0.2) is 0 Å². The highest BCUT2D eigenvalue weighted by Gasteiger charge is 2.22. The lowest BCUT2D eigenvalue weighted by Crippen LogP contribution is -2.38. The summed E-state index contributed by atoms with van der Waals surface area (Å²) in [6, 6.07) is 9.66. The van der Waals surface area contributed by atoms with Crippen molar-refractivity contribution in [1.29, 1.82) is 0 Å². The highest BCUT2D eigenvalue weighted by Crippen LogP contribution is 2.09. The van der Waals surface area contributed by atoms with Crippen molar-refractivity contribution in [2.45, 2.75) is 25.7 Å². The summed E-state index contributed by atoms with van der Waals surface area (Å²) in [7, 11) is 1.31. The molecule has 0 radical (unpaired) electrons. The first-order valence-electron chi connectivity index (χ1n) is 8.26. The molecule has 1 aliphatic heterocycles. The highest BCUT2D eigenvalue weighted by molar-refractivity contribution is 5.82. The second kappa shape index (κ2) is 9.05. The minimum atomic E-state index is -0.377. The molecule has 2 amide bonds. The Hall–Kier alpha value is -2.37. The van der Waals surface area contributed by atoms with Gasteiger partial charge in [-0.2, -0.15) is 0 Å². The van der Waals surface area contributed by atoms with E-state index in [4.69, 9.17) is 0 Å². The zero-order chi connectivity index (χ0) is 17.4. The Labute approximate surface area is 142 Å². The molecule has 0 bridgehead atoms. The van der Waals surface area contributed by atoms with E-state index in [0.29, 0.717) is 32.6 Å². The molecule has 1 aromatic carbocycles. The summed E-state index contributed by atoms with van der Waals surface area (Å²) >= 11 is 0. The topological polar surface area (TPSA) is 66.9 Å². The van der Waals surface area contributed by atoms with Crippen LogP contribution in [0.2, 0.25) is 0 Å². The van der Waals surface area contributed by atoms with Crippen LogP contribution >= 0.6 is 0 Å². The second-order valence-electron chi connectivity index (χ2n) is 5.85. The van der Waals surface area contributed by atoms with Crippen LogP contribution in [0.25, 0.3) is 0 Å². The predicted molar refractivity (Wildman–Crippen MR) is 89.2 cm³/mol. The zero-order valence-corrected chi connectivity index (χ0v) is 14.1. The first-order valence-corrected chi connectivity index (χ1v) is 8.26. The summed E-state index contributed by atoms with van der Waals surface area (Å²) < 4.78 is 4.56. The molecule has 0 aromatic heterocycles. The molecule has 0 saturated carbocycles. The van der Waals surface area contributed by atoms with Gasteiger partial charge in [-0.05, 0) is 12.0 Å². The number of amides is 2. The van der Waals surface area contributed by atoms with Crippen LogP contribution in [0.1, 0.15) is 24.8 Å². The number of esters is 1. The molecule has 1 aliphatic rings. The fourth-order valence-electron chi connectivity index (χ4n) is 2.77. The Bertz CT molecular complexity index is 574. The van der Waals surface area contributed by atoms with Gasteiger partial charge in [-0.15, -0.1) is 0 Å². The van der Waals surface area contributed by atoms with Crippen molar-refractivity contribution in [3.8, 4) is 0 Å². The minimum absolute atomic E-state index is 0.0576. The molecule has 1 saturated heterocycles. The summed E-state index contributed by atoms with van der Waals surface area (Å²) in [5, 5.41) is 0. The van der Waals surface area contributed by atoms with Crippen LogP contribution in [0, 0.1) is 0 Å². The van der Waals surface area contributed by atoms with Crippen molar-refractivity contribution in [3.05, 3.63) is 35.9 Å². The number of methoxy groups -OCH3 is 1. The summed E-state index contributed by atoms with van der Waals surface area (Å²) in [6.07, 6.45) is 1.40. The van der Waals surface area contributed by atoms with E-state index in [1.54, 1.807) is 4.90 Å². The zero-order valence-electron chi connectivity index (χ0n) is 14.1. The van der Waals surface area contributed by atoms with Crippen LogP contribution in [-0.2, 0) is 25.5 Å². The molecule has 24 heavy (non-hydrogen) atoms. The molecular formula is C18H24N2O4. The third-order valence-corrected chi connectivity index (χ3v) is 4.17. The largest absolute Gasteiger partial charge is 0.469 e. The van der Waals surface area contributed by atoms with Gasteiger partial charge in [0.1, 0.15) is 0 Å². The standard InChI is InChI=1S/C18H24N2O4/c1-24-18(23)9-8-16(21)19-10-5-11-20(13-12-19)17(22)14-15-6-3-2-4-7-15/h2-4,6-7H,5,8-14H2,1H3. The summed E-state index contributed by atoms with van der Waals surface area (Å²) in [6.45, 7) is 2.33. The van der Waals surface area contributed by atoms with Crippen LogP contribution < -0.4 is 0 Å². The monoisotopic (exact) mass is 332 g/mol. The van der Waals surface area contributed by atoms with E-state index in [2.05, 4.69) is 4.74 Å². The predicted octanol–water partition coefficient (Wildman–Crippen LogP) is 1.24. The Morgan fingerprint density at radius 3 is 2.17 bits per heavy atom. The quantitative estimate of drug-likeness (QED) is 0.761. The van der Waals surface area contributed by atoms with Crippen molar-refractivity contribution in [2.24, 2.45) is 0 Å². The fourth-order valence-corrected chi connectivity index (χ4v) is 2.77. The first kappa shape index (κ1) is 18.0. The van der Waals surface area contributed by atoms with Crippen molar-refractivity contribution >= 4 is 17.8 Å². The molecule has 0 spiro atoms. The van der Waals surface area contributed by atoms with Gasteiger partial charge >= 0.3 is 5.97 Å². The van der Waals surface area contributed by atoms with E-state index in [1.807, 2.05) is 35.2 Å². The highest BCUT2D eigenvalue weighted by atomic mass is 16.5. The van der Waals surface area contributed by atoms with Crippen molar-refractivity contribution in [1.82, 2.24) is 9.80 Å². The number of carbonyl (C=O) groups excluding carboxylic acids is 3. The normalized spacial score (nSPS) is 14.9. The van der Waals surface area contributed by atoms with E-state index in [9.17, 15) is 14.4 Å². The lowest BCUT2D eigenvalue weighted by molar-refractivity contribution is -0.143. The average Bonchev–Trinajstić information content (AvgIpc) is 2.86. The van der Waals surface area contributed by atoms with Crippen molar-refractivity contribution in [2.75, 3.05) is 33.3 Å². The minimum Gasteiger partial charge on any atom is -0.469 e. The van der Waals surface area contributed by atoms with Crippen LogP contribution in [0.4, 0.5) is 0 Å². The molecule has 130 valence electrons. The maximum Gasteiger partial charge on any atom is 0.306 e. The maximum atomic E-state index is 12.4. The Morgan fingerprint density at radius 1 is 0.917 bits per heavy atom. The number of carbonyl (C=O) groups is 3. The molecule has 0 atom stereocenters. The lowest BCUT2D eigenvalue weighted by Gasteiger charge is -2.22. The maximum absolute atomic E-state index is 12.4. The van der Waals surface area contributed by atoms with E-state index in [1.165, 1.54) is 7.11 Å². The fraction of sp³-hybridized carbons (Fsp3) is 0.500. The Morgan fingerprint density at radius 2 is 1.54 bits per heavy atom. The summed E-state index contributed by atoms with van der Waals surface area (Å²) in [5.41, 5.74) is 0.998. The van der Waals surface area contributed by atoms with Crippen LogP contribution in [0.5, 0.6) is 0 Å². The molecule has 2 rings (SSSR count). The molecular weight excluding hydrogens is 308 g/mol.